The highest BCUT2D eigenvalue weighted by molar-refractivity contribution is 5.62. The maximum atomic E-state index is 11.2. The minimum Gasteiger partial charge on any atom is -0.504 e. The largest absolute Gasteiger partial charge is 0.504 e. The van der Waals surface area contributed by atoms with Crippen LogP contribution in [0, 0.1) is 5.92 Å². The fraction of sp³-hybridized carbons (Fsp3) is 0.579. The predicted octanol–water partition coefficient (Wildman–Crippen LogP) is 0.951. The van der Waals surface area contributed by atoms with E-state index in [0.29, 0.717) is 11.8 Å². The number of nitrogens with zero attached hydrogens (tertiary/aromatic N) is 1. The van der Waals surface area contributed by atoms with E-state index in [1.54, 1.807) is 6.07 Å². The number of phenolic OH excluding ortho intramolecular Hbond substituents is 1. The van der Waals surface area contributed by atoms with E-state index in [1.165, 1.54) is 5.56 Å². The zero-order chi connectivity index (χ0) is 16.7. The molecule has 2 bridgehead atoms. The predicted molar refractivity (Wildman–Crippen MR) is 88.2 cm³/mol. The Hall–Kier alpha value is -1.56. The molecule has 1 aromatic rings. The topological polar surface area (TPSA) is 73.2 Å². The summed E-state index contributed by atoms with van der Waals surface area (Å²) in [6.45, 7) is 0.846. The van der Waals surface area contributed by atoms with E-state index in [4.69, 9.17) is 4.74 Å². The van der Waals surface area contributed by atoms with Crippen LogP contribution >= 0.6 is 0 Å². The van der Waals surface area contributed by atoms with Crippen molar-refractivity contribution in [2.75, 3.05) is 20.2 Å². The third-order valence-electron chi connectivity index (χ3n) is 6.83. The van der Waals surface area contributed by atoms with Gasteiger partial charge in [-0.3, -0.25) is 0 Å². The Labute approximate surface area is 141 Å². The quantitative estimate of drug-likeness (QED) is 0.705. The van der Waals surface area contributed by atoms with Gasteiger partial charge in [-0.25, -0.2) is 0 Å². The number of likely N-dealkylation sites (N-methyl/N-ethyl adjacent to an activating group) is 1. The van der Waals surface area contributed by atoms with E-state index < -0.39 is 11.7 Å². The molecular weight excluding hydrogens is 306 g/mol. The number of rotatable bonds is 2. The minimum atomic E-state index is -1.20. The smallest absolute Gasteiger partial charge is 0.165 e. The Bertz CT molecular complexity index is 747. The molecule has 5 heteroatoms. The van der Waals surface area contributed by atoms with Gasteiger partial charge in [0.15, 0.2) is 11.5 Å². The van der Waals surface area contributed by atoms with Gasteiger partial charge in [0.25, 0.3) is 0 Å². The van der Waals surface area contributed by atoms with Gasteiger partial charge in [-0.1, -0.05) is 18.2 Å². The van der Waals surface area contributed by atoms with Crippen molar-refractivity contribution >= 4 is 0 Å². The Morgan fingerprint density at radius 1 is 1.38 bits per heavy atom. The van der Waals surface area contributed by atoms with Gasteiger partial charge in [0.05, 0.1) is 0 Å². The third kappa shape index (κ3) is 1.51. The van der Waals surface area contributed by atoms with Crippen LogP contribution in [0.4, 0.5) is 0 Å². The zero-order valence-corrected chi connectivity index (χ0v) is 13.8. The van der Waals surface area contributed by atoms with Crippen LogP contribution in [0.1, 0.15) is 24.0 Å². The van der Waals surface area contributed by atoms with Gasteiger partial charge < -0.3 is 25.0 Å². The Balaban J connectivity index is 1.79. The maximum Gasteiger partial charge on any atom is 0.165 e. The molecule has 0 radical (unpaired) electrons. The van der Waals surface area contributed by atoms with Crippen molar-refractivity contribution < 1.29 is 20.1 Å². The average Bonchev–Trinajstić information content (AvgIpc) is 2.91. The highest BCUT2D eigenvalue weighted by Gasteiger charge is 2.67. The SMILES string of the molecule is CN1CC[C@]23c4c5ccc(O)c4O[C@H]2[C@](O)(CCO)C=C[C@H]3[C@H]1C5. The van der Waals surface area contributed by atoms with Gasteiger partial charge in [-0.15, -0.1) is 0 Å². The van der Waals surface area contributed by atoms with E-state index in [9.17, 15) is 15.3 Å². The summed E-state index contributed by atoms with van der Waals surface area (Å²) in [6.07, 6.45) is 5.58. The summed E-state index contributed by atoms with van der Waals surface area (Å²) < 4.78 is 6.23. The van der Waals surface area contributed by atoms with E-state index in [-0.39, 0.29) is 30.1 Å². The first-order valence-electron chi connectivity index (χ1n) is 8.76. The molecule has 1 aromatic carbocycles. The second-order valence-corrected chi connectivity index (χ2v) is 7.84. The molecular formula is C19H23NO4. The standard InChI is InChI=1S/C19H23NO4/c1-20-8-6-19-12-4-5-18(23,7-9-21)17(19)24-16-14(22)3-2-11(15(16)19)10-13(12)20/h2-5,12-13,17,21-23H,6-10H2,1H3/t12-,13+,17-,18+,19-/m0/s1. The van der Waals surface area contributed by atoms with E-state index >= 15 is 0 Å². The first kappa shape index (κ1) is 14.8. The molecule has 1 saturated heterocycles. The summed E-state index contributed by atoms with van der Waals surface area (Å²) in [6, 6.07) is 4.09. The molecule has 5 atom stereocenters. The monoisotopic (exact) mass is 329 g/mol. The highest BCUT2D eigenvalue weighted by atomic mass is 16.5. The van der Waals surface area contributed by atoms with Gasteiger partial charge in [0.1, 0.15) is 11.7 Å². The van der Waals surface area contributed by atoms with Gasteiger partial charge in [0, 0.05) is 36.0 Å². The molecule has 0 saturated carbocycles. The summed E-state index contributed by atoms with van der Waals surface area (Å²) >= 11 is 0. The lowest BCUT2D eigenvalue weighted by molar-refractivity contribution is -0.105. The number of ether oxygens (including phenoxy) is 1. The van der Waals surface area contributed by atoms with Crippen molar-refractivity contribution in [1.82, 2.24) is 4.90 Å². The van der Waals surface area contributed by atoms with Crippen LogP contribution < -0.4 is 4.74 Å². The molecule has 5 nitrogen and oxygen atoms in total. The summed E-state index contributed by atoms with van der Waals surface area (Å²) in [7, 11) is 2.16. The Morgan fingerprint density at radius 2 is 2.21 bits per heavy atom. The first-order chi connectivity index (χ1) is 11.5. The third-order valence-corrected chi connectivity index (χ3v) is 6.83. The molecule has 1 fully saturated rings. The molecule has 3 N–H and O–H groups in total. The van der Waals surface area contributed by atoms with Crippen molar-refractivity contribution in [3.05, 3.63) is 35.4 Å². The number of hydrogen-bond acceptors (Lipinski definition) is 5. The van der Waals surface area contributed by atoms with Gasteiger partial charge >= 0.3 is 0 Å². The minimum absolute atomic E-state index is 0.0973. The number of benzene rings is 1. The number of likely N-dealkylation sites (tertiary alicyclic amines) is 1. The van der Waals surface area contributed by atoms with Crippen LogP contribution in [0.25, 0.3) is 0 Å². The molecule has 0 unspecified atom stereocenters. The van der Waals surface area contributed by atoms with Crippen LogP contribution in [-0.2, 0) is 11.8 Å². The van der Waals surface area contributed by atoms with Gasteiger partial charge in [-0.05, 0) is 38.1 Å². The van der Waals surface area contributed by atoms with E-state index in [1.807, 2.05) is 12.1 Å². The lowest BCUT2D eigenvalue weighted by atomic mass is 9.51. The van der Waals surface area contributed by atoms with Crippen molar-refractivity contribution in [2.45, 2.75) is 42.4 Å². The number of phenols is 1. The molecule has 0 aromatic heterocycles. The van der Waals surface area contributed by atoms with Crippen molar-refractivity contribution in [3.63, 3.8) is 0 Å². The van der Waals surface area contributed by atoms with Crippen molar-refractivity contribution in [2.24, 2.45) is 5.92 Å². The highest BCUT2D eigenvalue weighted by Crippen LogP contribution is 2.64. The lowest BCUT2D eigenvalue weighted by Crippen LogP contribution is -2.68. The summed E-state index contributed by atoms with van der Waals surface area (Å²) in [5, 5.41) is 31.1. The molecule has 5 rings (SSSR count). The molecule has 128 valence electrons. The van der Waals surface area contributed by atoms with Crippen LogP contribution in [-0.4, -0.2) is 58.2 Å². The number of aromatic hydroxyl groups is 1. The molecule has 1 spiro atoms. The molecule has 2 aliphatic heterocycles. The van der Waals surface area contributed by atoms with Crippen LogP contribution in [0.2, 0.25) is 0 Å². The van der Waals surface area contributed by atoms with Crippen molar-refractivity contribution in [3.8, 4) is 11.5 Å². The Morgan fingerprint density at radius 3 is 3.00 bits per heavy atom. The number of piperidine rings is 1. The average molecular weight is 329 g/mol. The number of aliphatic hydroxyl groups excluding tert-OH is 1. The van der Waals surface area contributed by atoms with Crippen molar-refractivity contribution in [1.29, 1.82) is 0 Å². The lowest BCUT2D eigenvalue weighted by Gasteiger charge is -2.58. The molecule has 2 heterocycles. The van der Waals surface area contributed by atoms with Crippen LogP contribution in [0.5, 0.6) is 11.5 Å². The molecule has 0 amide bonds. The maximum absolute atomic E-state index is 11.2. The summed E-state index contributed by atoms with van der Waals surface area (Å²) in [5.74, 6) is 0.960. The number of hydrogen-bond donors (Lipinski definition) is 3. The fourth-order valence-corrected chi connectivity index (χ4v) is 5.78. The van der Waals surface area contributed by atoms with Crippen LogP contribution in [0.3, 0.4) is 0 Å². The molecule has 4 aliphatic rings. The fourth-order valence-electron chi connectivity index (χ4n) is 5.78. The summed E-state index contributed by atoms with van der Waals surface area (Å²) in [5.41, 5.74) is 0.811. The van der Waals surface area contributed by atoms with E-state index in [0.717, 1.165) is 24.9 Å². The van der Waals surface area contributed by atoms with E-state index in [2.05, 4.69) is 18.0 Å². The number of aliphatic hydroxyl groups is 2. The molecule has 2 aliphatic carbocycles. The normalized spacial score (nSPS) is 41.9. The second-order valence-electron chi connectivity index (χ2n) is 7.84. The Kier molecular flexibility index (Phi) is 2.79. The van der Waals surface area contributed by atoms with Gasteiger partial charge in [-0.2, -0.15) is 0 Å². The zero-order valence-electron chi connectivity index (χ0n) is 13.8. The van der Waals surface area contributed by atoms with Crippen LogP contribution in [0.15, 0.2) is 24.3 Å². The first-order valence-corrected chi connectivity index (χ1v) is 8.76. The van der Waals surface area contributed by atoms with Gasteiger partial charge in [0.2, 0.25) is 0 Å². The summed E-state index contributed by atoms with van der Waals surface area (Å²) in [4.78, 5) is 2.40. The second kappa shape index (κ2) is 4.54. The molecule has 24 heavy (non-hydrogen) atoms.